The lowest BCUT2D eigenvalue weighted by Gasteiger charge is -2.14. The van der Waals surface area contributed by atoms with Crippen LogP contribution in [0.2, 0.25) is 0 Å². The number of Topliss-reactive ketones (excluding diaryl/α,β-unsaturated/α-hetero) is 1. The average Bonchev–Trinajstić information content (AvgIpc) is 3.28. The minimum absolute atomic E-state index is 0.198. The van der Waals surface area contributed by atoms with E-state index in [1.807, 2.05) is 44.2 Å². The molecular formula is C22H24BrNO4. The third-order valence-electron chi connectivity index (χ3n) is 4.89. The molecule has 0 saturated carbocycles. The van der Waals surface area contributed by atoms with Crippen molar-refractivity contribution in [1.82, 2.24) is 4.57 Å². The first-order chi connectivity index (χ1) is 13.4. The molecule has 0 bridgehead atoms. The fraction of sp³-hybridized carbons (Fsp3) is 0.364. The Morgan fingerprint density at radius 3 is 2.86 bits per heavy atom. The predicted octanol–water partition coefficient (Wildman–Crippen LogP) is 4.49. The number of benzene rings is 1. The van der Waals surface area contributed by atoms with Crippen LogP contribution in [0.25, 0.3) is 6.08 Å². The molecule has 28 heavy (non-hydrogen) atoms. The highest BCUT2D eigenvalue weighted by Gasteiger charge is 2.21. The van der Waals surface area contributed by atoms with Gasteiger partial charge in [-0.3, -0.25) is 4.79 Å². The second kappa shape index (κ2) is 9.34. The van der Waals surface area contributed by atoms with Crippen LogP contribution in [0.15, 0.2) is 40.9 Å². The Morgan fingerprint density at radius 1 is 1.32 bits per heavy atom. The molecule has 1 aliphatic heterocycles. The molecule has 2 aromatic rings. The Hall–Kier alpha value is -2.18. The molecule has 1 atom stereocenters. The third kappa shape index (κ3) is 5.20. The molecule has 2 heterocycles. The molecule has 1 saturated heterocycles. The summed E-state index contributed by atoms with van der Waals surface area (Å²) < 4.78 is 13.9. The molecule has 1 unspecified atom stereocenters. The van der Waals surface area contributed by atoms with Gasteiger partial charge in [-0.1, -0.05) is 28.1 Å². The molecular weight excluding hydrogens is 422 g/mol. The number of ketones is 1. The Labute approximate surface area is 173 Å². The summed E-state index contributed by atoms with van der Waals surface area (Å²) in [5.41, 5.74) is 3.37. The number of hydrogen-bond acceptors (Lipinski definition) is 4. The van der Waals surface area contributed by atoms with Crippen LogP contribution in [0, 0.1) is 13.8 Å². The number of hydrogen-bond donors (Lipinski definition) is 0. The number of carbonyl (C=O) groups excluding carboxylic acids is 2. The topological polar surface area (TPSA) is 57.5 Å². The highest BCUT2D eigenvalue weighted by molar-refractivity contribution is 9.10. The van der Waals surface area contributed by atoms with Gasteiger partial charge in [0.05, 0.1) is 6.10 Å². The standard InChI is InChI=1S/C22H24BrNO4/c1-15-11-20(16(2)24(15)13-19-7-4-10-27-19)21(25)14-28-22(26)9-8-17-5-3-6-18(23)12-17/h3,5-6,8-9,11-12,19H,4,7,10,13-14H2,1-2H3/b9-8+. The first kappa shape index (κ1) is 20.6. The molecule has 1 aromatic carbocycles. The number of halogens is 1. The summed E-state index contributed by atoms with van der Waals surface area (Å²) in [5, 5.41) is 0. The first-order valence-corrected chi connectivity index (χ1v) is 10.2. The van der Waals surface area contributed by atoms with Gasteiger partial charge in [-0.05, 0) is 56.5 Å². The Morgan fingerprint density at radius 2 is 2.14 bits per heavy atom. The van der Waals surface area contributed by atoms with Crippen LogP contribution in [0.4, 0.5) is 0 Å². The number of aryl methyl sites for hydroxylation is 1. The van der Waals surface area contributed by atoms with Crippen molar-refractivity contribution in [3.8, 4) is 0 Å². The summed E-state index contributed by atoms with van der Waals surface area (Å²) in [6, 6.07) is 9.41. The molecule has 1 aromatic heterocycles. The van der Waals surface area contributed by atoms with Crippen LogP contribution in [0.5, 0.6) is 0 Å². The lowest BCUT2D eigenvalue weighted by molar-refractivity contribution is -0.136. The van der Waals surface area contributed by atoms with E-state index in [1.54, 1.807) is 6.08 Å². The highest BCUT2D eigenvalue weighted by Crippen LogP contribution is 2.21. The van der Waals surface area contributed by atoms with E-state index in [1.165, 1.54) is 6.08 Å². The zero-order valence-electron chi connectivity index (χ0n) is 16.1. The molecule has 0 N–H and O–H groups in total. The van der Waals surface area contributed by atoms with Gasteiger partial charge in [0, 0.05) is 40.7 Å². The number of nitrogens with zero attached hydrogens (tertiary/aromatic N) is 1. The maximum absolute atomic E-state index is 12.5. The zero-order valence-corrected chi connectivity index (χ0v) is 17.7. The minimum Gasteiger partial charge on any atom is -0.454 e. The van der Waals surface area contributed by atoms with Gasteiger partial charge in [0.1, 0.15) is 0 Å². The fourth-order valence-electron chi connectivity index (χ4n) is 3.39. The van der Waals surface area contributed by atoms with Crippen LogP contribution >= 0.6 is 15.9 Å². The molecule has 0 radical (unpaired) electrons. The summed E-state index contributed by atoms with van der Waals surface area (Å²) in [6.45, 7) is 5.18. The Balaban J connectivity index is 1.57. The van der Waals surface area contributed by atoms with Crippen LogP contribution in [-0.2, 0) is 20.8 Å². The molecule has 3 rings (SSSR count). The summed E-state index contributed by atoms with van der Waals surface area (Å²) in [4.78, 5) is 24.5. The SMILES string of the molecule is Cc1cc(C(=O)COC(=O)/C=C/c2cccc(Br)c2)c(C)n1CC1CCCO1. The first-order valence-electron chi connectivity index (χ1n) is 9.36. The lowest BCUT2D eigenvalue weighted by atomic mass is 10.1. The van der Waals surface area contributed by atoms with Crippen molar-refractivity contribution in [2.24, 2.45) is 0 Å². The van der Waals surface area contributed by atoms with E-state index in [9.17, 15) is 9.59 Å². The molecule has 5 nitrogen and oxygen atoms in total. The maximum atomic E-state index is 12.5. The van der Waals surface area contributed by atoms with Crippen LogP contribution < -0.4 is 0 Å². The normalized spacial score (nSPS) is 16.6. The van der Waals surface area contributed by atoms with Crippen molar-refractivity contribution in [3.63, 3.8) is 0 Å². The fourth-order valence-corrected chi connectivity index (χ4v) is 3.81. The molecule has 1 fully saturated rings. The van der Waals surface area contributed by atoms with Gasteiger partial charge in [-0.25, -0.2) is 4.79 Å². The summed E-state index contributed by atoms with van der Waals surface area (Å²) in [7, 11) is 0. The van der Waals surface area contributed by atoms with Crippen molar-refractivity contribution < 1.29 is 19.1 Å². The average molecular weight is 446 g/mol. The van der Waals surface area contributed by atoms with E-state index in [0.717, 1.165) is 47.4 Å². The monoisotopic (exact) mass is 445 g/mol. The second-order valence-corrected chi connectivity index (χ2v) is 7.87. The maximum Gasteiger partial charge on any atom is 0.331 e. The van der Waals surface area contributed by atoms with E-state index in [2.05, 4.69) is 20.5 Å². The number of ether oxygens (including phenoxy) is 2. The van der Waals surface area contributed by atoms with Gasteiger partial charge in [0.25, 0.3) is 0 Å². The third-order valence-corrected chi connectivity index (χ3v) is 5.38. The van der Waals surface area contributed by atoms with Gasteiger partial charge in [-0.15, -0.1) is 0 Å². The summed E-state index contributed by atoms with van der Waals surface area (Å²) in [5.74, 6) is -0.739. The molecule has 1 aliphatic rings. The van der Waals surface area contributed by atoms with Gasteiger partial charge in [-0.2, -0.15) is 0 Å². The van der Waals surface area contributed by atoms with E-state index in [-0.39, 0.29) is 18.5 Å². The molecule has 0 amide bonds. The van der Waals surface area contributed by atoms with Crippen molar-refractivity contribution in [2.45, 2.75) is 39.3 Å². The van der Waals surface area contributed by atoms with Crippen LogP contribution in [-0.4, -0.2) is 35.6 Å². The van der Waals surface area contributed by atoms with E-state index >= 15 is 0 Å². The molecule has 0 aliphatic carbocycles. The van der Waals surface area contributed by atoms with Gasteiger partial charge in [0.15, 0.2) is 6.61 Å². The Kier molecular flexibility index (Phi) is 6.86. The summed E-state index contributed by atoms with van der Waals surface area (Å²) >= 11 is 3.38. The summed E-state index contributed by atoms with van der Waals surface area (Å²) in [6.07, 6.45) is 5.32. The smallest absolute Gasteiger partial charge is 0.331 e. The van der Waals surface area contributed by atoms with Crippen molar-refractivity contribution >= 4 is 33.8 Å². The van der Waals surface area contributed by atoms with Crippen LogP contribution in [0.1, 0.15) is 40.2 Å². The highest BCUT2D eigenvalue weighted by atomic mass is 79.9. The number of esters is 1. The number of carbonyl (C=O) groups is 2. The van der Waals surface area contributed by atoms with Crippen molar-refractivity contribution in [2.75, 3.05) is 13.2 Å². The predicted molar refractivity (Wildman–Crippen MR) is 111 cm³/mol. The van der Waals surface area contributed by atoms with E-state index < -0.39 is 5.97 Å². The molecule has 0 spiro atoms. The lowest BCUT2D eigenvalue weighted by Crippen LogP contribution is -2.18. The van der Waals surface area contributed by atoms with Gasteiger partial charge < -0.3 is 14.0 Å². The number of rotatable bonds is 7. The van der Waals surface area contributed by atoms with E-state index in [0.29, 0.717) is 5.56 Å². The van der Waals surface area contributed by atoms with Crippen LogP contribution in [0.3, 0.4) is 0 Å². The van der Waals surface area contributed by atoms with Crippen molar-refractivity contribution in [3.05, 3.63) is 63.4 Å². The quantitative estimate of drug-likeness (QED) is 0.358. The van der Waals surface area contributed by atoms with E-state index in [4.69, 9.17) is 9.47 Å². The largest absolute Gasteiger partial charge is 0.454 e. The number of aromatic nitrogens is 1. The van der Waals surface area contributed by atoms with Gasteiger partial charge in [0.2, 0.25) is 5.78 Å². The van der Waals surface area contributed by atoms with Gasteiger partial charge >= 0.3 is 5.97 Å². The second-order valence-electron chi connectivity index (χ2n) is 6.95. The Bertz CT molecular complexity index is 894. The molecule has 6 heteroatoms. The molecule has 148 valence electrons. The zero-order chi connectivity index (χ0) is 20.1. The van der Waals surface area contributed by atoms with Crippen molar-refractivity contribution in [1.29, 1.82) is 0 Å². The minimum atomic E-state index is -0.540.